The summed E-state index contributed by atoms with van der Waals surface area (Å²) in [6, 6.07) is 17.5. The molecule has 172 valence electrons. The molecular weight excluding hydrogens is 426 g/mol. The molecule has 3 heterocycles. The summed E-state index contributed by atoms with van der Waals surface area (Å²) in [5, 5.41) is 0. The van der Waals surface area contributed by atoms with Crippen molar-refractivity contribution < 1.29 is 9.59 Å². The second-order valence-electron chi connectivity index (χ2n) is 8.75. The summed E-state index contributed by atoms with van der Waals surface area (Å²) in [6.07, 6.45) is 3.46. The van der Waals surface area contributed by atoms with Crippen LogP contribution in [0, 0.1) is 13.8 Å². The first-order chi connectivity index (χ1) is 16.5. The predicted octanol–water partition coefficient (Wildman–Crippen LogP) is 3.20. The van der Waals surface area contributed by atoms with Crippen LogP contribution < -0.4 is 4.90 Å². The molecule has 2 amide bonds. The molecule has 7 heteroatoms. The van der Waals surface area contributed by atoms with Crippen LogP contribution in [0.25, 0.3) is 5.57 Å². The van der Waals surface area contributed by atoms with Gasteiger partial charge in [0.2, 0.25) is 5.95 Å². The molecule has 0 unspecified atom stereocenters. The minimum atomic E-state index is -0.232. The highest BCUT2D eigenvalue weighted by Gasteiger charge is 2.42. The topological polar surface area (TPSA) is 69.6 Å². The van der Waals surface area contributed by atoms with Crippen molar-refractivity contribution in [2.45, 2.75) is 20.4 Å². The summed E-state index contributed by atoms with van der Waals surface area (Å²) < 4.78 is 0. The van der Waals surface area contributed by atoms with E-state index in [0.29, 0.717) is 43.4 Å². The number of nitrogens with zero attached hydrogens (tertiary/aromatic N) is 5. The molecule has 0 bridgehead atoms. The lowest BCUT2D eigenvalue weighted by Gasteiger charge is -2.36. The average molecular weight is 454 g/mol. The Morgan fingerprint density at radius 3 is 2.15 bits per heavy atom. The number of rotatable bonds is 5. The Kier molecular flexibility index (Phi) is 5.84. The van der Waals surface area contributed by atoms with Gasteiger partial charge in [0.15, 0.2) is 0 Å². The average Bonchev–Trinajstić information content (AvgIpc) is 3.10. The third-order valence-corrected chi connectivity index (χ3v) is 6.41. The lowest BCUT2D eigenvalue weighted by molar-refractivity contribution is -0.138. The van der Waals surface area contributed by atoms with Gasteiger partial charge in [-0.05, 0) is 36.6 Å². The van der Waals surface area contributed by atoms with Gasteiger partial charge in [-0.15, -0.1) is 0 Å². The van der Waals surface area contributed by atoms with E-state index in [1.54, 1.807) is 18.5 Å². The number of amides is 2. The Bertz CT molecular complexity index is 1250. The Labute approximate surface area is 199 Å². The fraction of sp³-hybridized carbons (Fsp3) is 0.259. The first-order valence-corrected chi connectivity index (χ1v) is 11.5. The molecule has 3 aromatic rings. The largest absolute Gasteiger partial charge is 0.363 e. The molecule has 0 atom stereocenters. The van der Waals surface area contributed by atoms with Gasteiger partial charge in [0.25, 0.3) is 11.8 Å². The second-order valence-corrected chi connectivity index (χ2v) is 8.75. The van der Waals surface area contributed by atoms with Crippen LogP contribution in [0.5, 0.6) is 0 Å². The van der Waals surface area contributed by atoms with E-state index in [0.717, 1.165) is 22.3 Å². The molecule has 34 heavy (non-hydrogen) atoms. The highest BCUT2D eigenvalue weighted by Crippen LogP contribution is 2.35. The molecule has 2 aliphatic rings. The van der Waals surface area contributed by atoms with Gasteiger partial charge in [-0.25, -0.2) is 9.97 Å². The van der Waals surface area contributed by atoms with Crippen molar-refractivity contribution in [2.24, 2.45) is 0 Å². The van der Waals surface area contributed by atoms with Crippen LogP contribution in [0.1, 0.15) is 22.3 Å². The molecule has 2 aromatic carbocycles. The summed E-state index contributed by atoms with van der Waals surface area (Å²) in [4.78, 5) is 41.6. The molecule has 1 fully saturated rings. The van der Waals surface area contributed by atoms with E-state index in [1.807, 2.05) is 56.3 Å². The molecule has 2 aliphatic heterocycles. The molecule has 0 aliphatic carbocycles. The van der Waals surface area contributed by atoms with Gasteiger partial charge < -0.3 is 9.80 Å². The van der Waals surface area contributed by atoms with Gasteiger partial charge in [0, 0.05) is 38.6 Å². The molecule has 7 nitrogen and oxygen atoms in total. The van der Waals surface area contributed by atoms with Crippen LogP contribution in [0.2, 0.25) is 0 Å². The van der Waals surface area contributed by atoms with Gasteiger partial charge >= 0.3 is 0 Å². The maximum Gasteiger partial charge on any atom is 0.278 e. The zero-order valence-corrected chi connectivity index (χ0v) is 19.4. The molecule has 0 saturated carbocycles. The van der Waals surface area contributed by atoms with E-state index in [4.69, 9.17) is 0 Å². The van der Waals surface area contributed by atoms with E-state index < -0.39 is 0 Å². The Morgan fingerprint density at radius 1 is 0.794 bits per heavy atom. The number of carbonyl (C=O) groups is 2. The maximum absolute atomic E-state index is 13.7. The Balaban J connectivity index is 1.48. The fourth-order valence-corrected chi connectivity index (χ4v) is 4.69. The van der Waals surface area contributed by atoms with Gasteiger partial charge in [0.1, 0.15) is 5.70 Å². The number of aryl methyl sites for hydroxylation is 2. The van der Waals surface area contributed by atoms with Gasteiger partial charge in [0.05, 0.1) is 12.1 Å². The number of hydrogen-bond acceptors (Lipinski definition) is 6. The first-order valence-electron chi connectivity index (χ1n) is 11.5. The summed E-state index contributed by atoms with van der Waals surface area (Å²) >= 11 is 0. The summed E-state index contributed by atoms with van der Waals surface area (Å²) in [5.41, 5.74) is 4.87. The zero-order chi connectivity index (χ0) is 23.7. The summed E-state index contributed by atoms with van der Waals surface area (Å²) in [7, 11) is 0. The SMILES string of the molecule is Cc1ccc(C2=C(N3CCN(c4ncccn4)CC3)C(=O)N(Cc3ccccc3)C2=O)c(C)c1. The highest BCUT2D eigenvalue weighted by atomic mass is 16.2. The fourth-order valence-electron chi connectivity index (χ4n) is 4.69. The van der Waals surface area contributed by atoms with Crippen LogP contribution in [0.15, 0.2) is 72.7 Å². The number of aromatic nitrogens is 2. The number of benzene rings is 2. The number of hydrogen-bond donors (Lipinski definition) is 0. The van der Waals surface area contributed by atoms with E-state index in [1.165, 1.54) is 4.90 Å². The number of carbonyl (C=O) groups excluding carboxylic acids is 2. The van der Waals surface area contributed by atoms with Crippen LogP contribution in [0.4, 0.5) is 5.95 Å². The van der Waals surface area contributed by atoms with Crippen molar-refractivity contribution in [3.63, 3.8) is 0 Å². The second kappa shape index (κ2) is 9.09. The smallest absolute Gasteiger partial charge is 0.278 e. The standard InChI is InChI=1S/C27H27N5O2/c1-19-9-10-22(20(2)17-19)23-24(26(34)32(25(23)33)18-21-7-4-3-5-8-21)30-13-15-31(16-14-30)27-28-11-6-12-29-27/h3-12,17H,13-16,18H2,1-2H3. The molecule has 5 rings (SSSR count). The molecular formula is C27H27N5O2. The van der Waals surface area contributed by atoms with E-state index in [9.17, 15) is 9.59 Å². The summed E-state index contributed by atoms with van der Waals surface area (Å²) in [6.45, 7) is 6.85. The molecule has 0 N–H and O–H groups in total. The highest BCUT2D eigenvalue weighted by molar-refractivity contribution is 6.35. The van der Waals surface area contributed by atoms with Crippen LogP contribution in [-0.4, -0.2) is 57.8 Å². The molecule has 1 aromatic heterocycles. The van der Waals surface area contributed by atoms with E-state index in [-0.39, 0.29) is 18.4 Å². The zero-order valence-electron chi connectivity index (χ0n) is 19.4. The Hall–Kier alpha value is -4.00. The minimum Gasteiger partial charge on any atom is -0.363 e. The Morgan fingerprint density at radius 2 is 1.47 bits per heavy atom. The van der Waals surface area contributed by atoms with Gasteiger partial charge in [-0.3, -0.25) is 14.5 Å². The van der Waals surface area contributed by atoms with Crippen molar-refractivity contribution in [1.82, 2.24) is 19.8 Å². The minimum absolute atomic E-state index is 0.228. The predicted molar refractivity (Wildman–Crippen MR) is 131 cm³/mol. The number of anilines is 1. The van der Waals surface area contributed by atoms with Gasteiger partial charge in [-0.1, -0.05) is 54.1 Å². The van der Waals surface area contributed by atoms with Crippen molar-refractivity contribution >= 4 is 23.3 Å². The normalized spacial score (nSPS) is 16.6. The third kappa shape index (κ3) is 4.05. The van der Waals surface area contributed by atoms with E-state index >= 15 is 0 Å². The van der Waals surface area contributed by atoms with Crippen LogP contribution in [0.3, 0.4) is 0 Å². The lowest BCUT2D eigenvalue weighted by Crippen LogP contribution is -2.48. The van der Waals surface area contributed by atoms with Crippen LogP contribution in [-0.2, 0) is 16.1 Å². The van der Waals surface area contributed by atoms with Crippen LogP contribution >= 0.6 is 0 Å². The molecule has 1 saturated heterocycles. The maximum atomic E-state index is 13.7. The molecule has 0 spiro atoms. The number of piperazine rings is 1. The number of imide groups is 1. The van der Waals surface area contributed by atoms with Crippen molar-refractivity contribution in [3.8, 4) is 0 Å². The van der Waals surface area contributed by atoms with Crippen molar-refractivity contribution in [1.29, 1.82) is 0 Å². The monoisotopic (exact) mass is 453 g/mol. The molecule has 0 radical (unpaired) electrons. The van der Waals surface area contributed by atoms with Gasteiger partial charge in [-0.2, -0.15) is 0 Å². The lowest BCUT2D eigenvalue weighted by atomic mass is 9.97. The van der Waals surface area contributed by atoms with Crippen molar-refractivity contribution in [2.75, 3.05) is 31.1 Å². The van der Waals surface area contributed by atoms with E-state index in [2.05, 4.69) is 25.8 Å². The third-order valence-electron chi connectivity index (χ3n) is 6.41. The quantitative estimate of drug-likeness (QED) is 0.553. The van der Waals surface area contributed by atoms with Crippen molar-refractivity contribution in [3.05, 3.63) is 94.9 Å². The summed E-state index contributed by atoms with van der Waals surface area (Å²) in [5.74, 6) is 0.225. The first kappa shape index (κ1) is 21.8.